The van der Waals surface area contributed by atoms with Crippen LogP contribution in [0.2, 0.25) is 0 Å². The highest BCUT2D eigenvalue weighted by atomic mass is 32.1. The van der Waals surface area contributed by atoms with Crippen LogP contribution in [0.3, 0.4) is 0 Å². The van der Waals surface area contributed by atoms with Gasteiger partial charge in [-0.05, 0) is 43.6 Å². The molecular weight excluding hydrogens is 416 g/mol. The van der Waals surface area contributed by atoms with Gasteiger partial charge in [-0.2, -0.15) is 5.10 Å². The van der Waals surface area contributed by atoms with Gasteiger partial charge in [-0.1, -0.05) is 35.6 Å². The van der Waals surface area contributed by atoms with Crippen molar-refractivity contribution >= 4 is 45.5 Å². The smallest absolute Gasteiger partial charge is 0.226 e. The molecule has 0 radical (unpaired) electrons. The summed E-state index contributed by atoms with van der Waals surface area (Å²) < 4.78 is 2.39. The number of carbonyl (C=O) groups is 1. The Morgan fingerprint density at radius 2 is 2.23 bits per heavy atom. The van der Waals surface area contributed by atoms with Gasteiger partial charge < -0.3 is 10.3 Å². The molecule has 3 heterocycles. The van der Waals surface area contributed by atoms with E-state index < -0.39 is 0 Å². The number of anilines is 1. The molecule has 0 bridgehead atoms. The Labute approximate surface area is 182 Å². The minimum Gasteiger partial charge on any atom is -0.361 e. The van der Waals surface area contributed by atoms with Gasteiger partial charge in [0, 0.05) is 30.1 Å². The minimum atomic E-state index is -0.0416. The molecule has 0 unspecified atom stereocenters. The van der Waals surface area contributed by atoms with Gasteiger partial charge in [0.05, 0.1) is 10.6 Å². The van der Waals surface area contributed by atoms with E-state index in [2.05, 4.69) is 44.2 Å². The SMILES string of the molecule is C=CCn1c(-c2sc(NC(=O)CCCc3c[nH]c4ccccc34)nc2C)n[nH]c1=S. The van der Waals surface area contributed by atoms with E-state index in [4.69, 9.17) is 12.2 Å². The first-order valence-corrected chi connectivity index (χ1v) is 10.9. The Kier molecular flexibility index (Phi) is 5.91. The van der Waals surface area contributed by atoms with Crippen LogP contribution < -0.4 is 5.32 Å². The van der Waals surface area contributed by atoms with Gasteiger partial charge >= 0.3 is 0 Å². The lowest BCUT2D eigenvalue weighted by Crippen LogP contribution is -2.11. The van der Waals surface area contributed by atoms with Crippen molar-refractivity contribution in [3.63, 3.8) is 0 Å². The van der Waals surface area contributed by atoms with Crippen LogP contribution in [0.1, 0.15) is 24.1 Å². The zero-order valence-corrected chi connectivity index (χ0v) is 18.2. The fourth-order valence-corrected chi connectivity index (χ4v) is 4.59. The highest BCUT2D eigenvalue weighted by Gasteiger charge is 2.17. The number of aromatic nitrogens is 5. The van der Waals surface area contributed by atoms with Crippen molar-refractivity contribution in [2.24, 2.45) is 0 Å². The number of allylic oxidation sites excluding steroid dienone is 1. The minimum absolute atomic E-state index is 0.0416. The van der Waals surface area contributed by atoms with Crippen LogP contribution in [0.15, 0.2) is 43.1 Å². The average molecular weight is 439 g/mol. The van der Waals surface area contributed by atoms with E-state index in [9.17, 15) is 4.79 Å². The summed E-state index contributed by atoms with van der Waals surface area (Å²) >= 11 is 6.67. The first kappa shape index (κ1) is 20.2. The molecule has 1 aromatic carbocycles. The topological polar surface area (TPSA) is 91.4 Å². The Morgan fingerprint density at radius 1 is 1.40 bits per heavy atom. The van der Waals surface area contributed by atoms with E-state index in [1.165, 1.54) is 22.3 Å². The van der Waals surface area contributed by atoms with Crippen LogP contribution in [0.5, 0.6) is 0 Å². The third-order valence-corrected chi connectivity index (χ3v) is 6.22. The molecule has 0 fully saturated rings. The van der Waals surface area contributed by atoms with Gasteiger partial charge in [0.2, 0.25) is 5.91 Å². The zero-order chi connectivity index (χ0) is 21.1. The van der Waals surface area contributed by atoms with Crippen molar-refractivity contribution in [3.8, 4) is 10.7 Å². The van der Waals surface area contributed by atoms with Crippen LogP contribution in [-0.2, 0) is 17.8 Å². The Bertz CT molecular complexity index is 1260. The quantitative estimate of drug-likeness (QED) is 0.267. The number of hydrogen-bond acceptors (Lipinski definition) is 5. The van der Waals surface area contributed by atoms with Crippen LogP contribution in [0.25, 0.3) is 21.6 Å². The largest absolute Gasteiger partial charge is 0.361 e. The van der Waals surface area contributed by atoms with E-state index in [-0.39, 0.29) is 5.91 Å². The molecule has 4 rings (SSSR count). The predicted octanol–water partition coefficient (Wildman–Crippen LogP) is 5.00. The summed E-state index contributed by atoms with van der Waals surface area (Å²) in [6, 6.07) is 8.20. The van der Waals surface area contributed by atoms with Gasteiger partial charge in [0.1, 0.15) is 0 Å². The molecule has 0 saturated carbocycles. The van der Waals surface area contributed by atoms with Gasteiger partial charge in [-0.25, -0.2) is 4.98 Å². The van der Waals surface area contributed by atoms with Crippen LogP contribution >= 0.6 is 23.6 Å². The summed E-state index contributed by atoms with van der Waals surface area (Å²) in [5.74, 6) is 0.662. The number of carbonyl (C=O) groups excluding carboxylic acids is 1. The molecule has 0 aliphatic heterocycles. The number of para-hydroxylation sites is 1. The van der Waals surface area contributed by atoms with E-state index in [1.807, 2.05) is 29.8 Å². The van der Waals surface area contributed by atoms with Crippen LogP contribution in [0, 0.1) is 11.7 Å². The molecule has 0 saturated heterocycles. The molecular formula is C21H22N6OS2. The Balaban J connectivity index is 1.39. The number of hydrogen-bond donors (Lipinski definition) is 3. The number of rotatable bonds is 8. The maximum Gasteiger partial charge on any atom is 0.226 e. The summed E-state index contributed by atoms with van der Waals surface area (Å²) in [6.07, 6.45) is 5.83. The molecule has 3 N–H and O–H groups in total. The number of benzene rings is 1. The molecule has 0 atom stereocenters. The van der Waals surface area contributed by atoms with Crippen molar-refractivity contribution in [3.05, 3.63) is 59.1 Å². The molecule has 7 nitrogen and oxygen atoms in total. The molecule has 154 valence electrons. The lowest BCUT2D eigenvalue weighted by molar-refractivity contribution is -0.116. The lowest BCUT2D eigenvalue weighted by atomic mass is 10.1. The second-order valence-electron chi connectivity index (χ2n) is 6.95. The number of H-pyrrole nitrogens is 2. The molecule has 30 heavy (non-hydrogen) atoms. The molecule has 0 aliphatic carbocycles. The molecule has 1 amide bonds. The molecule has 0 aliphatic rings. The Hall–Kier alpha value is -3.04. The lowest BCUT2D eigenvalue weighted by Gasteiger charge is -2.02. The van der Waals surface area contributed by atoms with Crippen molar-refractivity contribution < 1.29 is 4.79 Å². The molecule has 4 aromatic rings. The monoisotopic (exact) mass is 438 g/mol. The second-order valence-corrected chi connectivity index (χ2v) is 8.33. The number of nitrogens with one attached hydrogen (secondary N) is 3. The number of nitrogens with zero attached hydrogens (tertiary/aromatic N) is 3. The highest BCUT2D eigenvalue weighted by Crippen LogP contribution is 2.31. The first-order valence-electron chi connectivity index (χ1n) is 9.65. The van der Waals surface area contributed by atoms with Crippen molar-refractivity contribution in [2.75, 3.05) is 5.32 Å². The number of aryl methyl sites for hydroxylation is 2. The average Bonchev–Trinajstić information content (AvgIpc) is 3.40. The van der Waals surface area contributed by atoms with Gasteiger partial charge in [0.15, 0.2) is 15.7 Å². The van der Waals surface area contributed by atoms with Crippen LogP contribution in [0.4, 0.5) is 5.13 Å². The van der Waals surface area contributed by atoms with Crippen molar-refractivity contribution in [1.82, 2.24) is 24.7 Å². The first-order chi connectivity index (χ1) is 14.6. The number of amides is 1. The van der Waals surface area contributed by atoms with Gasteiger partial charge in [0.25, 0.3) is 0 Å². The summed E-state index contributed by atoms with van der Waals surface area (Å²) in [5, 5.41) is 11.8. The normalized spacial score (nSPS) is 11.1. The summed E-state index contributed by atoms with van der Waals surface area (Å²) in [7, 11) is 0. The molecule has 0 spiro atoms. The van der Waals surface area contributed by atoms with E-state index in [0.717, 1.165) is 28.9 Å². The van der Waals surface area contributed by atoms with Gasteiger partial charge in [-0.15, -0.1) is 6.58 Å². The summed E-state index contributed by atoms with van der Waals surface area (Å²) in [4.78, 5) is 21.1. The van der Waals surface area contributed by atoms with Crippen molar-refractivity contribution in [2.45, 2.75) is 32.7 Å². The fraction of sp³-hybridized carbons (Fsp3) is 0.238. The zero-order valence-electron chi connectivity index (χ0n) is 16.6. The van der Waals surface area contributed by atoms with E-state index in [0.29, 0.717) is 28.7 Å². The van der Waals surface area contributed by atoms with Gasteiger partial charge in [-0.3, -0.25) is 14.5 Å². The number of fused-ring (bicyclic) bond motifs is 1. The third kappa shape index (κ3) is 4.12. The molecule has 3 aromatic heterocycles. The number of aromatic amines is 2. The maximum atomic E-state index is 12.4. The van der Waals surface area contributed by atoms with E-state index >= 15 is 0 Å². The Morgan fingerprint density at radius 3 is 3.07 bits per heavy atom. The van der Waals surface area contributed by atoms with Crippen molar-refractivity contribution in [1.29, 1.82) is 0 Å². The highest BCUT2D eigenvalue weighted by molar-refractivity contribution is 7.71. The number of thiazole rings is 1. The maximum absolute atomic E-state index is 12.4. The second kappa shape index (κ2) is 8.76. The standard InChI is InChI=1S/C21H22N6OS2/c1-3-11-27-19(25-26-21(27)29)18-13(2)23-20(30-18)24-17(28)10-6-7-14-12-22-16-9-5-4-8-15(14)16/h3-5,8-9,12,22H,1,6-7,10-11H2,2H3,(H,26,29)(H,23,24,28). The summed E-state index contributed by atoms with van der Waals surface area (Å²) in [5.41, 5.74) is 3.15. The summed E-state index contributed by atoms with van der Waals surface area (Å²) in [6.45, 7) is 6.21. The molecule has 9 heteroatoms. The predicted molar refractivity (Wildman–Crippen MR) is 123 cm³/mol. The third-order valence-electron chi connectivity index (χ3n) is 4.84. The fourth-order valence-electron chi connectivity index (χ4n) is 3.41. The van der Waals surface area contributed by atoms with Crippen LogP contribution in [-0.4, -0.2) is 30.6 Å². The van der Waals surface area contributed by atoms with E-state index in [1.54, 1.807) is 6.08 Å².